The number of pyridine rings is 1. The van der Waals surface area contributed by atoms with Crippen LogP contribution in [0.1, 0.15) is 10.4 Å². The van der Waals surface area contributed by atoms with Crippen LogP contribution in [0.5, 0.6) is 17.4 Å². The molecule has 0 radical (unpaired) electrons. The number of nitrogens with one attached hydrogen (secondary N) is 1. The number of hydrogen-bond donors (Lipinski definition) is 2. The SMILES string of the molecule is O=C(Nc1cc(Cl)ccc1O)c1cccnc1Oc1ccccc1. The van der Waals surface area contributed by atoms with E-state index in [1.807, 2.05) is 18.2 Å². The molecular weight excluding hydrogens is 328 g/mol. The third kappa shape index (κ3) is 3.64. The van der Waals surface area contributed by atoms with E-state index in [1.54, 1.807) is 24.3 Å². The molecule has 0 spiro atoms. The number of nitrogens with zero attached hydrogens (tertiary/aromatic N) is 1. The molecule has 24 heavy (non-hydrogen) atoms. The molecule has 2 aromatic carbocycles. The lowest BCUT2D eigenvalue weighted by Gasteiger charge is -2.11. The summed E-state index contributed by atoms with van der Waals surface area (Å²) in [4.78, 5) is 16.6. The minimum Gasteiger partial charge on any atom is -0.506 e. The van der Waals surface area contributed by atoms with Crippen molar-refractivity contribution in [3.63, 3.8) is 0 Å². The van der Waals surface area contributed by atoms with E-state index in [1.165, 1.54) is 24.4 Å². The van der Waals surface area contributed by atoms with Crippen molar-refractivity contribution in [1.29, 1.82) is 0 Å². The molecule has 0 aliphatic carbocycles. The number of phenols is 1. The van der Waals surface area contributed by atoms with Crippen molar-refractivity contribution in [2.45, 2.75) is 0 Å². The normalized spacial score (nSPS) is 10.2. The minimum atomic E-state index is -0.466. The third-order valence-electron chi connectivity index (χ3n) is 3.18. The van der Waals surface area contributed by atoms with Crippen molar-refractivity contribution >= 4 is 23.2 Å². The molecule has 1 aromatic heterocycles. The fourth-order valence-corrected chi connectivity index (χ4v) is 2.22. The molecule has 0 unspecified atom stereocenters. The Kier molecular flexibility index (Phi) is 4.63. The standard InChI is InChI=1S/C18H13ClN2O3/c19-12-8-9-16(22)15(11-12)21-17(23)14-7-4-10-20-18(14)24-13-5-2-1-3-6-13/h1-11,22H,(H,21,23). The van der Waals surface area contributed by atoms with Crippen LogP contribution in [-0.2, 0) is 0 Å². The summed E-state index contributed by atoms with van der Waals surface area (Å²) >= 11 is 5.89. The molecule has 0 fully saturated rings. The van der Waals surface area contributed by atoms with Gasteiger partial charge in [-0.25, -0.2) is 4.98 Å². The molecule has 1 heterocycles. The molecule has 0 saturated heterocycles. The van der Waals surface area contributed by atoms with E-state index in [9.17, 15) is 9.90 Å². The lowest BCUT2D eigenvalue weighted by molar-refractivity contribution is 0.102. The number of aromatic nitrogens is 1. The van der Waals surface area contributed by atoms with Gasteiger partial charge in [0.25, 0.3) is 5.91 Å². The molecule has 0 atom stereocenters. The zero-order valence-electron chi connectivity index (χ0n) is 12.4. The summed E-state index contributed by atoms with van der Waals surface area (Å²) in [6, 6.07) is 16.6. The molecule has 5 nitrogen and oxygen atoms in total. The maximum absolute atomic E-state index is 12.5. The molecular formula is C18H13ClN2O3. The van der Waals surface area contributed by atoms with E-state index >= 15 is 0 Å². The highest BCUT2D eigenvalue weighted by atomic mass is 35.5. The second-order valence-corrected chi connectivity index (χ2v) is 5.32. The molecule has 3 rings (SSSR count). The highest BCUT2D eigenvalue weighted by Crippen LogP contribution is 2.28. The Morgan fingerprint density at radius 1 is 1.08 bits per heavy atom. The largest absolute Gasteiger partial charge is 0.506 e. The Balaban J connectivity index is 1.86. The Hall–Kier alpha value is -3.05. The Bertz CT molecular complexity index is 869. The second kappa shape index (κ2) is 7.02. The van der Waals surface area contributed by atoms with Gasteiger partial charge in [-0.2, -0.15) is 0 Å². The molecule has 3 aromatic rings. The fourth-order valence-electron chi connectivity index (χ4n) is 2.04. The van der Waals surface area contributed by atoms with Gasteiger partial charge in [-0.05, 0) is 42.5 Å². The van der Waals surface area contributed by atoms with Gasteiger partial charge in [-0.3, -0.25) is 4.79 Å². The summed E-state index contributed by atoms with van der Waals surface area (Å²) in [5, 5.41) is 12.8. The molecule has 1 amide bonds. The molecule has 0 saturated carbocycles. The lowest BCUT2D eigenvalue weighted by Crippen LogP contribution is -2.13. The lowest BCUT2D eigenvalue weighted by atomic mass is 10.2. The van der Waals surface area contributed by atoms with Crippen molar-refractivity contribution in [3.05, 3.63) is 77.4 Å². The number of benzene rings is 2. The van der Waals surface area contributed by atoms with E-state index in [0.29, 0.717) is 10.8 Å². The Morgan fingerprint density at radius 3 is 2.67 bits per heavy atom. The van der Waals surface area contributed by atoms with Crippen molar-refractivity contribution in [1.82, 2.24) is 4.98 Å². The quantitative estimate of drug-likeness (QED) is 0.687. The van der Waals surface area contributed by atoms with Gasteiger partial charge in [0.05, 0.1) is 5.69 Å². The van der Waals surface area contributed by atoms with Crippen molar-refractivity contribution < 1.29 is 14.6 Å². The second-order valence-electron chi connectivity index (χ2n) is 4.89. The smallest absolute Gasteiger partial charge is 0.261 e. The van der Waals surface area contributed by atoms with Crippen molar-refractivity contribution in [2.75, 3.05) is 5.32 Å². The summed E-state index contributed by atoms with van der Waals surface area (Å²) < 4.78 is 5.66. The van der Waals surface area contributed by atoms with Crippen LogP contribution in [0, 0.1) is 0 Å². The number of rotatable bonds is 4. The van der Waals surface area contributed by atoms with Crippen LogP contribution in [0.4, 0.5) is 5.69 Å². The number of halogens is 1. The van der Waals surface area contributed by atoms with E-state index in [0.717, 1.165) is 0 Å². The van der Waals surface area contributed by atoms with Crippen LogP contribution in [0.25, 0.3) is 0 Å². The number of phenolic OH excluding ortho intramolecular Hbond substituents is 1. The van der Waals surface area contributed by atoms with Crippen molar-refractivity contribution in [2.24, 2.45) is 0 Å². The van der Waals surface area contributed by atoms with Crippen LogP contribution in [0.3, 0.4) is 0 Å². The van der Waals surface area contributed by atoms with Crippen LogP contribution < -0.4 is 10.1 Å². The fraction of sp³-hybridized carbons (Fsp3) is 0. The predicted octanol–water partition coefficient (Wildman–Crippen LogP) is 4.49. The number of para-hydroxylation sites is 1. The summed E-state index contributed by atoms with van der Waals surface area (Å²) in [6.07, 6.45) is 1.53. The molecule has 0 bridgehead atoms. The van der Waals surface area contributed by atoms with E-state index in [-0.39, 0.29) is 22.9 Å². The van der Waals surface area contributed by atoms with Crippen LogP contribution in [-0.4, -0.2) is 16.0 Å². The zero-order valence-corrected chi connectivity index (χ0v) is 13.2. The number of anilines is 1. The van der Waals surface area contributed by atoms with Crippen molar-refractivity contribution in [3.8, 4) is 17.4 Å². The van der Waals surface area contributed by atoms with Gasteiger partial charge >= 0.3 is 0 Å². The van der Waals surface area contributed by atoms with Gasteiger partial charge in [0.15, 0.2) is 0 Å². The molecule has 120 valence electrons. The van der Waals surface area contributed by atoms with E-state index in [4.69, 9.17) is 16.3 Å². The predicted molar refractivity (Wildman–Crippen MR) is 91.8 cm³/mol. The van der Waals surface area contributed by atoms with Gasteiger partial charge in [0, 0.05) is 11.2 Å². The number of carbonyl (C=O) groups excluding carboxylic acids is 1. The summed E-state index contributed by atoms with van der Waals surface area (Å²) in [5.41, 5.74) is 0.447. The van der Waals surface area contributed by atoms with Gasteiger partial charge in [-0.1, -0.05) is 29.8 Å². The average molecular weight is 341 g/mol. The highest BCUT2D eigenvalue weighted by Gasteiger charge is 2.16. The number of ether oxygens (including phenoxy) is 1. The zero-order chi connectivity index (χ0) is 16.9. The first-order valence-corrected chi connectivity index (χ1v) is 7.49. The number of hydrogen-bond acceptors (Lipinski definition) is 4. The van der Waals surface area contributed by atoms with E-state index < -0.39 is 5.91 Å². The summed E-state index contributed by atoms with van der Waals surface area (Å²) in [5.74, 6) is 0.187. The van der Waals surface area contributed by atoms with Crippen LogP contribution >= 0.6 is 11.6 Å². The topological polar surface area (TPSA) is 71.5 Å². The number of aromatic hydroxyl groups is 1. The third-order valence-corrected chi connectivity index (χ3v) is 3.42. The number of amides is 1. The maximum Gasteiger partial charge on any atom is 0.261 e. The average Bonchev–Trinajstić information content (AvgIpc) is 2.59. The minimum absolute atomic E-state index is 0.0813. The van der Waals surface area contributed by atoms with Gasteiger partial charge < -0.3 is 15.2 Å². The molecule has 2 N–H and O–H groups in total. The van der Waals surface area contributed by atoms with Gasteiger partial charge in [-0.15, -0.1) is 0 Å². The Morgan fingerprint density at radius 2 is 1.88 bits per heavy atom. The highest BCUT2D eigenvalue weighted by molar-refractivity contribution is 6.31. The summed E-state index contributed by atoms with van der Waals surface area (Å²) in [7, 11) is 0. The first kappa shape index (κ1) is 15.8. The van der Waals surface area contributed by atoms with Crippen LogP contribution in [0.15, 0.2) is 66.9 Å². The van der Waals surface area contributed by atoms with Crippen LogP contribution in [0.2, 0.25) is 5.02 Å². The Labute approximate surface area is 143 Å². The number of carbonyl (C=O) groups is 1. The monoisotopic (exact) mass is 340 g/mol. The van der Waals surface area contributed by atoms with Gasteiger partial charge in [0.1, 0.15) is 17.1 Å². The van der Waals surface area contributed by atoms with Gasteiger partial charge in [0.2, 0.25) is 5.88 Å². The first-order valence-electron chi connectivity index (χ1n) is 7.11. The molecule has 0 aliphatic heterocycles. The maximum atomic E-state index is 12.5. The van der Waals surface area contributed by atoms with E-state index in [2.05, 4.69) is 10.3 Å². The molecule has 0 aliphatic rings. The molecule has 6 heteroatoms. The first-order chi connectivity index (χ1) is 11.6. The summed E-state index contributed by atoms with van der Waals surface area (Å²) in [6.45, 7) is 0.